The maximum absolute atomic E-state index is 12.8. The van der Waals surface area contributed by atoms with Crippen LogP contribution in [0.25, 0.3) is 0 Å². The number of phosphoric ester groups is 2. The highest BCUT2D eigenvalue weighted by atomic mass is 79.9. The van der Waals surface area contributed by atoms with Gasteiger partial charge in [0.1, 0.15) is 0 Å². The standard InChI is InChI=1S/C17H20BrO4P.C14H15O4P.C4H12N.C3H6Br2/c18-12-7-13-20-23(19,21-14-16-8-3-1-4-9-16)22-15-17-10-5-2-6-11-17;15-19(16,17-11-13-7-3-1-4-8-13)18-12-14-9-5-2-6-10-14;1-5(2,3)4;4-2-1-3-5/h1-6,8-11H,7,12-15H2;1-10H,11-12H2,(H,15,16);1-4H3;1-3H2/q;;+1;/p-1. The van der Waals surface area contributed by atoms with Crippen LogP contribution in [0.3, 0.4) is 0 Å². The van der Waals surface area contributed by atoms with E-state index in [4.69, 9.17) is 22.6 Å². The van der Waals surface area contributed by atoms with Crippen molar-refractivity contribution in [3.8, 4) is 0 Å². The van der Waals surface area contributed by atoms with E-state index in [0.29, 0.717) is 6.61 Å². The van der Waals surface area contributed by atoms with Gasteiger partial charge in [0.15, 0.2) is 0 Å². The Bertz CT molecular complexity index is 1420. The first-order chi connectivity index (χ1) is 24.8. The second kappa shape index (κ2) is 28.9. The molecule has 0 saturated carbocycles. The summed E-state index contributed by atoms with van der Waals surface area (Å²) in [6.07, 6.45) is 1.95. The highest BCUT2D eigenvalue weighted by Gasteiger charge is 2.26. The average Bonchev–Trinajstić information content (AvgIpc) is 3.14. The fourth-order valence-electron chi connectivity index (χ4n) is 3.34. The number of nitrogens with zero attached hydrogens (tertiary/aromatic N) is 1. The Labute approximate surface area is 336 Å². The van der Waals surface area contributed by atoms with Crippen molar-refractivity contribution in [3.63, 3.8) is 0 Å². The van der Waals surface area contributed by atoms with E-state index < -0.39 is 15.6 Å². The van der Waals surface area contributed by atoms with Crippen molar-refractivity contribution in [3.05, 3.63) is 144 Å². The van der Waals surface area contributed by atoms with Crippen LogP contribution in [-0.2, 0) is 58.2 Å². The first-order valence-electron chi connectivity index (χ1n) is 16.6. The van der Waals surface area contributed by atoms with Gasteiger partial charge < -0.3 is 18.4 Å². The monoisotopic (exact) mass is 949 g/mol. The van der Waals surface area contributed by atoms with E-state index in [2.05, 4.69) is 76.0 Å². The van der Waals surface area contributed by atoms with Crippen molar-refractivity contribution in [1.29, 1.82) is 0 Å². The second-order valence-electron chi connectivity index (χ2n) is 12.2. The predicted molar refractivity (Wildman–Crippen MR) is 221 cm³/mol. The van der Waals surface area contributed by atoms with Crippen molar-refractivity contribution >= 4 is 63.4 Å². The first kappa shape index (κ1) is 48.5. The lowest BCUT2D eigenvalue weighted by Crippen LogP contribution is -2.27. The minimum absolute atomic E-state index is 0.0175. The van der Waals surface area contributed by atoms with Gasteiger partial charge in [-0.25, -0.2) is 4.57 Å². The van der Waals surface area contributed by atoms with E-state index in [1.165, 1.54) is 6.42 Å². The van der Waals surface area contributed by atoms with Crippen LogP contribution in [0.15, 0.2) is 121 Å². The number of alkyl halides is 3. The third-order valence-corrected chi connectivity index (χ3v) is 9.69. The Morgan fingerprint density at radius 2 is 0.750 bits per heavy atom. The molecule has 0 heterocycles. The van der Waals surface area contributed by atoms with Gasteiger partial charge >= 0.3 is 7.82 Å². The number of benzene rings is 4. The summed E-state index contributed by atoms with van der Waals surface area (Å²) >= 11 is 9.88. The highest BCUT2D eigenvalue weighted by molar-refractivity contribution is 9.09. The zero-order valence-electron chi connectivity index (χ0n) is 30.4. The molecule has 0 atom stereocenters. The highest BCUT2D eigenvalue weighted by Crippen LogP contribution is 2.51. The Kier molecular flexibility index (Phi) is 26.9. The minimum Gasteiger partial charge on any atom is -0.756 e. The number of phosphoric acid groups is 2. The van der Waals surface area contributed by atoms with Crippen LogP contribution >= 0.6 is 63.4 Å². The zero-order chi connectivity index (χ0) is 38.6. The average molecular weight is 952 g/mol. The molecule has 4 aromatic carbocycles. The molecule has 4 rings (SSSR count). The van der Waals surface area contributed by atoms with E-state index in [-0.39, 0.29) is 26.4 Å². The first-order valence-corrected chi connectivity index (χ1v) is 22.8. The Morgan fingerprint density at radius 3 is 1.00 bits per heavy atom. The maximum Gasteiger partial charge on any atom is 0.475 e. The minimum atomic E-state index is -4.27. The quantitative estimate of drug-likeness (QED) is 0.0421. The van der Waals surface area contributed by atoms with Crippen LogP contribution in [0.2, 0.25) is 0 Å². The normalized spacial score (nSPS) is 11.2. The molecule has 0 fully saturated rings. The maximum atomic E-state index is 12.8. The molecule has 0 aromatic heterocycles. The van der Waals surface area contributed by atoms with Gasteiger partial charge in [0, 0.05) is 16.0 Å². The van der Waals surface area contributed by atoms with E-state index >= 15 is 0 Å². The largest absolute Gasteiger partial charge is 0.756 e. The van der Waals surface area contributed by atoms with Gasteiger partial charge in [-0.3, -0.25) is 18.1 Å². The molecule has 0 radical (unpaired) electrons. The molecule has 0 saturated heterocycles. The molecule has 0 N–H and O–H groups in total. The summed E-state index contributed by atoms with van der Waals surface area (Å²) in [7, 11) is 0.626. The summed E-state index contributed by atoms with van der Waals surface area (Å²) in [6.45, 7) is 0.640. The predicted octanol–water partition coefficient (Wildman–Crippen LogP) is 10.7. The van der Waals surface area contributed by atoms with E-state index in [1.54, 1.807) is 24.3 Å². The van der Waals surface area contributed by atoms with Gasteiger partial charge in [-0.2, -0.15) is 0 Å². The lowest BCUT2D eigenvalue weighted by molar-refractivity contribution is -0.849. The number of hydrogen-bond donors (Lipinski definition) is 0. The molecule has 0 amide bonds. The molecular weight excluding hydrogens is 900 g/mol. The van der Waals surface area contributed by atoms with Crippen molar-refractivity contribution < 1.29 is 41.1 Å². The van der Waals surface area contributed by atoms with Gasteiger partial charge in [-0.15, -0.1) is 0 Å². The van der Waals surface area contributed by atoms with Gasteiger partial charge in [0.05, 0.1) is 61.2 Å². The molecule has 14 heteroatoms. The fraction of sp³-hybridized carbons (Fsp3) is 0.368. The molecule has 288 valence electrons. The molecule has 52 heavy (non-hydrogen) atoms. The third-order valence-electron chi connectivity index (χ3n) is 5.72. The molecule has 0 bridgehead atoms. The van der Waals surface area contributed by atoms with Crippen molar-refractivity contribution in [2.24, 2.45) is 0 Å². The molecular formula is C38H52Br3NO8P2. The van der Waals surface area contributed by atoms with Gasteiger partial charge in [0.25, 0.3) is 7.82 Å². The van der Waals surface area contributed by atoms with Crippen LogP contribution in [0, 0.1) is 0 Å². The molecule has 0 aliphatic heterocycles. The third kappa shape index (κ3) is 28.0. The number of quaternary nitrogens is 1. The number of hydrogen-bond acceptors (Lipinski definition) is 8. The molecule has 4 aromatic rings. The summed E-state index contributed by atoms with van der Waals surface area (Å²) in [5.74, 6) is 0. The van der Waals surface area contributed by atoms with Crippen LogP contribution in [0.4, 0.5) is 0 Å². The molecule has 0 unspecified atom stereocenters. The van der Waals surface area contributed by atoms with E-state index in [9.17, 15) is 14.0 Å². The summed E-state index contributed by atoms with van der Waals surface area (Å²) in [4.78, 5) is 11.6. The van der Waals surface area contributed by atoms with Gasteiger partial charge in [-0.1, -0.05) is 169 Å². The van der Waals surface area contributed by atoms with Crippen LogP contribution < -0.4 is 4.89 Å². The Hall–Kier alpha value is -1.50. The smallest absolute Gasteiger partial charge is 0.475 e. The number of rotatable bonds is 18. The lowest BCUT2D eigenvalue weighted by Gasteiger charge is -2.22. The van der Waals surface area contributed by atoms with Gasteiger partial charge in [0.2, 0.25) is 0 Å². The summed E-state index contributed by atoms with van der Waals surface area (Å²) in [5.41, 5.74) is 3.39. The van der Waals surface area contributed by atoms with Crippen molar-refractivity contribution in [2.45, 2.75) is 39.3 Å². The molecule has 0 spiro atoms. The second-order valence-corrected chi connectivity index (χ2v) is 17.7. The van der Waals surface area contributed by atoms with Crippen LogP contribution in [0.5, 0.6) is 0 Å². The topological polar surface area (TPSA) is 103 Å². The molecule has 0 aliphatic carbocycles. The Balaban J connectivity index is 0.000000417. The fourth-order valence-corrected chi connectivity index (χ4v) is 6.76. The zero-order valence-corrected chi connectivity index (χ0v) is 36.9. The SMILES string of the molecule is BrCCCBr.C[N+](C)(C)C.O=P(OCCCBr)(OCc1ccccc1)OCc1ccccc1.O=P([O-])(OCc1ccccc1)OCc1ccccc1. The van der Waals surface area contributed by atoms with Gasteiger partial charge in [-0.05, 0) is 35.1 Å². The summed E-state index contributed by atoms with van der Waals surface area (Å²) < 4.78 is 51.3. The summed E-state index contributed by atoms with van der Waals surface area (Å²) in [6, 6.07) is 37.2. The van der Waals surface area contributed by atoms with Crippen LogP contribution in [0.1, 0.15) is 35.1 Å². The molecule has 0 aliphatic rings. The number of halogens is 3. The summed E-state index contributed by atoms with van der Waals surface area (Å²) in [5, 5.41) is 2.99. The van der Waals surface area contributed by atoms with E-state index in [1.807, 2.05) is 97.1 Å². The van der Waals surface area contributed by atoms with Crippen molar-refractivity contribution in [2.75, 3.05) is 50.8 Å². The molecule has 9 nitrogen and oxygen atoms in total. The van der Waals surface area contributed by atoms with Crippen molar-refractivity contribution in [1.82, 2.24) is 0 Å². The lowest BCUT2D eigenvalue weighted by atomic mass is 10.2. The van der Waals surface area contributed by atoms with Crippen LogP contribution in [-0.4, -0.2) is 55.3 Å². The van der Waals surface area contributed by atoms with E-state index in [0.717, 1.165) is 49.1 Å². The Morgan fingerprint density at radius 1 is 0.481 bits per heavy atom.